The summed E-state index contributed by atoms with van der Waals surface area (Å²) in [6.07, 6.45) is 1.55. The van der Waals surface area contributed by atoms with E-state index in [9.17, 15) is 0 Å². The molecule has 0 aliphatic rings. The summed E-state index contributed by atoms with van der Waals surface area (Å²) in [4.78, 5) is 4.05. The summed E-state index contributed by atoms with van der Waals surface area (Å²) in [5.74, 6) is 1.40. The van der Waals surface area contributed by atoms with Gasteiger partial charge in [0.25, 0.3) is 0 Å². The van der Waals surface area contributed by atoms with Gasteiger partial charge in [-0.2, -0.15) is 4.98 Å². The summed E-state index contributed by atoms with van der Waals surface area (Å²) in [7, 11) is 0. The predicted molar refractivity (Wildman–Crippen MR) is 46.3 cm³/mol. The van der Waals surface area contributed by atoms with E-state index in [1.54, 1.807) is 25.3 Å². The summed E-state index contributed by atoms with van der Waals surface area (Å²) >= 11 is 5.75. The number of alkyl halides is 1. The van der Waals surface area contributed by atoms with Crippen molar-refractivity contribution < 1.29 is 8.94 Å². The van der Waals surface area contributed by atoms with Crippen LogP contribution >= 0.6 is 11.6 Å². The van der Waals surface area contributed by atoms with E-state index in [0.717, 1.165) is 0 Å². The SMILES string of the molecule is C[C@H](Cl)c1nc(-c2ccco2)no1. The molecule has 2 aromatic rings. The minimum absolute atomic E-state index is 0.281. The van der Waals surface area contributed by atoms with Gasteiger partial charge in [-0.15, -0.1) is 11.6 Å². The summed E-state index contributed by atoms with van der Waals surface area (Å²) < 4.78 is 9.98. The standard InChI is InChI=1S/C8H7ClN2O2/c1-5(9)8-10-7(11-13-8)6-3-2-4-12-6/h2-5H,1H3/t5-/m0/s1. The van der Waals surface area contributed by atoms with Gasteiger partial charge >= 0.3 is 0 Å². The zero-order valence-electron chi connectivity index (χ0n) is 6.90. The van der Waals surface area contributed by atoms with Crippen molar-refractivity contribution in [2.75, 3.05) is 0 Å². The Morgan fingerprint density at radius 1 is 1.54 bits per heavy atom. The summed E-state index contributed by atoms with van der Waals surface area (Å²) in [5.41, 5.74) is 0. The van der Waals surface area contributed by atoms with Crippen LogP contribution in [0.2, 0.25) is 0 Å². The molecule has 0 saturated carbocycles. The quantitative estimate of drug-likeness (QED) is 0.696. The third-order valence-corrected chi connectivity index (χ3v) is 1.71. The molecule has 0 fully saturated rings. The van der Waals surface area contributed by atoms with Gasteiger partial charge in [0.1, 0.15) is 5.38 Å². The molecule has 0 amide bonds. The molecule has 0 bridgehead atoms. The molecule has 0 saturated heterocycles. The van der Waals surface area contributed by atoms with Crippen molar-refractivity contribution in [1.82, 2.24) is 10.1 Å². The molecule has 0 aliphatic carbocycles. The first-order valence-electron chi connectivity index (χ1n) is 3.79. The van der Waals surface area contributed by atoms with Gasteiger partial charge < -0.3 is 8.94 Å². The molecule has 0 aliphatic heterocycles. The summed E-state index contributed by atoms with van der Waals surface area (Å²) in [6, 6.07) is 3.52. The first-order valence-corrected chi connectivity index (χ1v) is 4.22. The normalized spacial score (nSPS) is 13.1. The Morgan fingerprint density at radius 2 is 2.38 bits per heavy atom. The molecule has 1 atom stereocenters. The van der Waals surface area contributed by atoms with Crippen molar-refractivity contribution >= 4 is 11.6 Å². The van der Waals surface area contributed by atoms with E-state index in [0.29, 0.717) is 17.5 Å². The zero-order valence-corrected chi connectivity index (χ0v) is 7.65. The van der Waals surface area contributed by atoms with E-state index in [2.05, 4.69) is 10.1 Å². The van der Waals surface area contributed by atoms with Gasteiger partial charge in [0.2, 0.25) is 11.7 Å². The molecule has 2 aromatic heterocycles. The van der Waals surface area contributed by atoms with Gasteiger partial charge in [0.05, 0.1) is 6.26 Å². The summed E-state index contributed by atoms with van der Waals surface area (Å²) in [5, 5.41) is 3.43. The van der Waals surface area contributed by atoms with Gasteiger partial charge in [-0.25, -0.2) is 0 Å². The van der Waals surface area contributed by atoms with E-state index in [1.807, 2.05) is 0 Å². The van der Waals surface area contributed by atoms with E-state index >= 15 is 0 Å². The first kappa shape index (κ1) is 8.31. The Morgan fingerprint density at radius 3 is 2.92 bits per heavy atom. The third kappa shape index (κ3) is 1.58. The zero-order chi connectivity index (χ0) is 9.26. The van der Waals surface area contributed by atoms with Gasteiger partial charge in [0.15, 0.2) is 5.76 Å². The highest BCUT2D eigenvalue weighted by atomic mass is 35.5. The first-order chi connectivity index (χ1) is 6.27. The highest BCUT2D eigenvalue weighted by molar-refractivity contribution is 6.20. The molecular weight excluding hydrogens is 192 g/mol. The van der Waals surface area contributed by atoms with Crippen LogP contribution in [0.4, 0.5) is 0 Å². The van der Waals surface area contributed by atoms with Crippen LogP contribution in [-0.4, -0.2) is 10.1 Å². The van der Waals surface area contributed by atoms with E-state index < -0.39 is 0 Å². The Hall–Kier alpha value is -1.29. The van der Waals surface area contributed by atoms with Crippen LogP contribution in [0.1, 0.15) is 18.2 Å². The van der Waals surface area contributed by atoms with Crippen LogP contribution in [0.5, 0.6) is 0 Å². The van der Waals surface area contributed by atoms with Gasteiger partial charge in [-0.05, 0) is 19.1 Å². The maximum Gasteiger partial charge on any atom is 0.244 e. The highest BCUT2D eigenvalue weighted by Gasteiger charge is 2.13. The Bertz CT molecular complexity index is 381. The number of hydrogen-bond donors (Lipinski definition) is 0. The topological polar surface area (TPSA) is 52.1 Å². The summed E-state index contributed by atoms with van der Waals surface area (Å²) in [6.45, 7) is 1.76. The average molecular weight is 199 g/mol. The van der Waals surface area contributed by atoms with Gasteiger partial charge in [0, 0.05) is 0 Å². The van der Waals surface area contributed by atoms with Crippen LogP contribution < -0.4 is 0 Å². The molecule has 0 N–H and O–H groups in total. The lowest BCUT2D eigenvalue weighted by Crippen LogP contribution is -1.83. The molecule has 0 radical (unpaired) electrons. The maximum absolute atomic E-state index is 5.75. The van der Waals surface area contributed by atoms with Crippen molar-refractivity contribution in [2.24, 2.45) is 0 Å². The van der Waals surface area contributed by atoms with Crippen molar-refractivity contribution in [3.8, 4) is 11.6 Å². The lowest BCUT2D eigenvalue weighted by Gasteiger charge is -1.89. The fraction of sp³-hybridized carbons (Fsp3) is 0.250. The Kier molecular flexibility index (Phi) is 2.06. The number of hydrogen-bond acceptors (Lipinski definition) is 4. The van der Waals surface area contributed by atoms with Crippen molar-refractivity contribution in [1.29, 1.82) is 0 Å². The molecule has 13 heavy (non-hydrogen) atoms. The predicted octanol–water partition coefficient (Wildman–Crippen LogP) is 2.63. The molecule has 4 nitrogen and oxygen atoms in total. The largest absolute Gasteiger partial charge is 0.461 e. The number of rotatable bonds is 2. The molecule has 2 heterocycles. The third-order valence-electron chi connectivity index (χ3n) is 1.52. The van der Waals surface area contributed by atoms with Crippen molar-refractivity contribution in [2.45, 2.75) is 12.3 Å². The number of halogens is 1. The lowest BCUT2D eigenvalue weighted by atomic mass is 10.4. The molecule has 68 valence electrons. The van der Waals surface area contributed by atoms with Crippen LogP contribution in [0, 0.1) is 0 Å². The molecule has 0 spiro atoms. The molecular formula is C8H7ClN2O2. The van der Waals surface area contributed by atoms with Crippen LogP contribution in [0.3, 0.4) is 0 Å². The fourth-order valence-corrected chi connectivity index (χ4v) is 0.991. The fourth-order valence-electron chi connectivity index (χ4n) is 0.903. The Balaban J connectivity index is 2.33. The molecule has 2 rings (SSSR count). The van der Waals surface area contributed by atoms with Gasteiger partial charge in [-0.3, -0.25) is 0 Å². The number of furan rings is 1. The maximum atomic E-state index is 5.75. The lowest BCUT2D eigenvalue weighted by molar-refractivity contribution is 0.378. The highest BCUT2D eigenvalue weighted by Crippen LogP contribution is 2.21. The average Bonchev–Trinajstić information content (AvgIpc) is 2.75. The van der Waals surface area contributed by atoms with Crippen LogP contribution in [0.25, 0.3) is 11.6 Å². The monoisotopic (exact) mass is 198 g/mol. The molecule has 0 aromatic carbocycles. The van der Waals surface area contributed by atoms with Crippen molar-refractivity contribution in [3.05, 3.63) is 24.3 Å². The second-order valence-electron chi connectivity index (χ2n) is 2.55. The van der Waals surface area contributed by atoms with E-state index in [-0.39, 0.29) is 5.38 Å². The van der Waals surface area contributed by atoms with Crippen LogP contribution in [0.15, 0.2) is 27.3 Å². The molecule has 0 unspecified atom stereocenters. The van der Waals surface area contributed by atoms with Gasteiger partial charge in [-0.1, -0.05) is 5.16 Å². The smallest absolute Gasteiger partial charge is 0.244 e. The number of nitrogens with zero attached hydrogens (tertiary/aromatic N) is 2. The van der Waals surface area contributed by atoms with Crippen molar-refractivity contribution in [3.63, 3.8) is 0 Å². The van der Waals surface area contributed by atoms with E-state index in [4.69, 9.17) is 20.5 Å². The second kappa shape index (κ2) is 3.22. The minimum Gasteiger partial charge on any atom is -0.461 e. The second-order valence-corrected chi connectivity index (χ2v) is 3.20. The van der Waals surface area contributed by atoms with E-state index in [1.165, 1.54) is 0 Å². The molecule has 5 heteroatoms. The minimum atomic E-state index is -0.281. The Labute approximate surface area is 79.5 Å². The van der Waals surface area contributed by atoms with Crippen LogP contribution in [-0.2, 0) is 0 Å². The number of aromatic nitrogens is 2.